The second kappa shape index (κ2) is 3.53. The van der Waals surface area contributed by atoms with E-state index in [0.29, 0.717) is 0 Å². The van der Waals surface area contributed by atoms with Gasteiger partial charge in [0.05, 0.1) is 6.42 Å². The molecule has 1 N–H and O–H groups in total. The van der Waals surface area contributed by atoms with Crippen LogP contribution in [0.15, 0.2) is 0 Å². The lowest BCUT2D eigenvalue weighted by Gasteiger charge is -2.37. The lowest BCUT2D eigenvalue weighted by molar-refractivity contribution is -0.138. The van der Waals surface area contributed by atoms with E-state index in [1.54, 1.807) is 0 Å². The number of carboxylic acids is 1. The maximum Gasteiger partial charge on any atom is 0.303 e. The molecule has 5 nitrogen and oxygen atoms in total. The highest BCUT2D eigenvalue weighted by molar-refractivity contribution is 7.09. The van der Waals surface area contributed by atoms with Gasteiger partial charge in [-0.1, -0.05) is 0 Å². The molecule has 0 bridgehead atoms. The summed E-state index contributed by atoms with van der Waals surface area (Å²) in [5.74, 6) is 0.339. The molecule has 1 fully saturated rings. The predicted octanol–water partition coefficient (Wildman–Crippen LogP) is 0.757. The maximum absolute atomic E-state index is 10.4. The Morgan fingerprint density at radius 1 is 1.71 bits per heavy atom. The van der Waals surface area contributed by atoms with Crippen molar-refractivity contribution in [2.24, 2.45) is 5.92 Å². The third kappa shape index (κ3) is 1.84. The van der Waals surface area contributed by atoms with Crippen molar-refractivity contribution in [1.29, 1.82) is 0 Å². The summed E-state index contributed by atoms with van der Waals surface area (Å²) in [6.45, 7) is 3.44. The van der Waals surface area contributed by atoms with Crippen molar-refractivity contribution in [2.45, 2.75) is 13.3 Å². The van der Waals surface area contributed by atoms with Crippen LogP contribution in [0.4, 0.5) is 5.13 Å². The number of carboxylic acid groups (broad SMARTS) is 1. The molecule has 6 heteroatoms. The van der Waals surface area contributed by atoms with Gasteiger partial charge < -0.3 is 10.0 Å². The Morgan fingerprint density at radius 2 is 2.43 bits per heavy atom. The fourth-order valence-corrected chi connectivity index (χ4v) is 2.21. The van der Waals surface area contributed by atoms with E-state index in [1.807, 2.05) is 6.92 Å². The molecule has 1 aromatic rings. The zero-order chi connectivity index (χ0) is 10.1. The fourth-order valence-electron chi connectivity index (χ4n) is 1.52. The molecule has 2 heterocycles. The molecule has 0 unspecified atom stereocenters. The van der Waals surface area contributed by atoms with Crippen LogP contribution in [-0.4, -0.2) is 33.5 Å². The van der Waals surface area contributed by atoms with Gasteiger partial charge in [-0.2, -0.15) is 4.37 Å². The first-order valence-corrected chi connectivity index (χ1v) is 5.19. The van der Waals surface area contributed by atoms with Crippen molar-refractivity contribution >= 4 is 22.6 Å². The summed E-state index contributed by atoms with van der Waals surface area (Å²) in [6, 6.07) is 0. The number of rotatable bonds is 3. The Kier molecular flexibility index (Phi) is 2.37. The van der Waals surface area contributed by atoms with Crippen LogP contribution < -0.4 is 4.90 Å². The molecule has 2 rings (SSSR count). The molecule has 0 radical (unpaired) electrons. The third-order valence-corrected chi connectivity index (χ3v) is 3.08. The van der Waals surface area contributed by atoms with E-state index in [9.17, 15) is 4.79 Å². The lowest BCUT2D eigenvalue weighted by atomic mass is 9.97. The summed E-state index contributed by atoms with van der Waals surface area (Å²) in [4.78, 5) is 16.7. The van der Waals surface area contributed by atoms with E-state index in [2.05, 4.69) is 14.3 Å². The van der Waals surface area contributed by atoms with Crippen LogP contribution in [0.25, 0.3) is 0 Å². The van der Waals surface area contributed by atoms with Crippen LogP contribution in [0.5, 0.6) is 0 Å². The largest absolute Gasteiger partial charge is 0.481 e. The van der Waals surface area contributed by atoms with Gasteiger partial charge in [-0.25, -0.2) is 4.98 Å². The van der Waals surface area contributed by atoms with Crippen molar-refractivity contribution in [3.05, 3.63) is 5.82 Å². The van der Waals surface area contributed by atoms with E-state index < -0.39 is 5.97 Å². The molecule has 0 spiro atoms. The van der Waals surface area contributed by atoms with Crippen LogP contribution in [-0.2, 0) is 4.79 Å². The van der Waals surface area contributed by atoms with E-state index in [1.165, 1.54) is 11.5 Å². The molecule has 1 aromatic heterocycles. The van der Waals surface area contributed by atoms with Crippen LogP contribution in [0, 0.1) is 12.8 Å². The van der Waals surface area contributed by atoms with Crippen molar-refractivity contribution in [2.75, 3.05) is 18.0 Å². The molecule has 14 heavy (non-hydrogen) atoms. The van der Waals surface area contributed by atoms with E-state index in [0.717, 1.165) is 24.0 Å². The Balaban J connectivity index is 1.86. The summed E-state index contributed by atoms with van der Waals surface area (Å²) in [5.41, 5.74) is 0. The van der Waals surface area contributed by atoms with Gasteiger partial charge in [0.2, 0.25) is 5.13 Å². The lowest BCUT2D eigenvalue weighted by Crippen LogP contribution is -2.47. The maximum atomic E-state index is 10.4. The van der Waals surface area contributed by atoms with Crippen LogP contribution >= 0.6 is 11.5 Å². The van der Waals surface area contributed by atoms with Gasteiger partial charge in [0.1, 0.15) is 5.82 Å². The topological polar surface area (TPSA) is 66.3 Å². The van der Waals surface area contributed by atoms with E-state index in [4.69, 9.17) is 5.11 Å². The number of aryl methyl sites for hydroxylation is 1. The SMILES string of the molecule is Cc1nsc(N2CC(CC(=O)O)C2)n1. The molecule has 0 aliphatic carbocycles. The molecule has 1 aliphatic rings. The Labute approximate surface area is 85.6 Å². The molecular formula is C8H11N3O2S. The molecule has 1 saturated heterocycles. The zero-order valence-electron chi connectivity index (χ0n) is 7.80. The zero-order valence-corrected chi connectivity index (χ0v) is 8.62. The Bertz CT molecular complexity index is 346. The van der Waals surface area contributed by atoms with Gasteiger partial charge in [-0.05, 0) is 6.92 Å². The normalized spacial score (nSPS) is 16.8. The first-order chi connectivity index (χ1) is 6.65. The van der Waals surface area contributed by atoms with Gasteiger partial charge >= 0.3 is 5.97 Å². The summed E-state index contributed by atoms with van der Waals surface area (Å²) >= 11 is 1.37. The van der Waals surface area contributed by atoms with Crippen molar-refractivity contribution in [3.63, 3.8) is 0 Å². The Morgan fingerprint density at radius 3 is 2.93 bits per heavy atom. The number of nitrogens with zero attached hydrogens (tertiary/aromatic N) is 3. The Hall–Kier alpha value is -1.17. The third-order valence-electron chi connectivity index (χ3n) is 2.21. The highest BCUT2D eigenvalue weighted by Gasteiger charge is 2.30. The van der Waals surface area contributed by atoms with Crippen molar-refractivity contribution in [3.8, 4) is 0 Å². The number of hydrogen-bond acceptors (Lipinski definition) is 5. The number of carbonyl (C=O) groups is 1. The number of aromatic nitrogens is 2. The number of hydrogen-bond donors (Lipinski definition) is 1. The van der Waals surface area contributed by atoms with Crippen molar-refractivity contribution in [1.82, 2.24) is 9.36 Å². The number of anilines is 1. The van der Waals surface area contributed by atoms with Crippen molar-refractivity contribution < 1.29 is 9.90 Å². The number of aliphatic carboxylic acids is 1. The van der Waals surface area contributed by atoms with Gasteiger partial charge in [0, 0.05) is 30.5 Å². The monoisotopic (exact) mass is 213 g/mol. The minimum atomic E-state index is -0.719. The van der Waals surface area contributed by atoms with E-state index in [-0.39, 0.29) is 12.3 Å². The minimum Gasteiger partial charge on any atom is -0.481 e. The highest BCUT2D eigenvalue weighted by atomic mass is 32.1. The molecule has 76 valence electrons. The summed E-state index contributed by atoms with van der Waals surface area (Å²) < 4.78 is 4.08. The summed E-state index contributed by atoms with van der Waals surface area (Å²) in [6.07, 6.45) is 0.258. The van der Waals surface area contributed by atoms with Gasteiger partial charge in [-0.15, -0.1) is 0 Å². The molecule has 0 atom stereocenters. The molecule has 0 amide bonds. The molecule has 1 aliphatic heterocycles. The summed E-state index contributed by atoms with van der Waals surface area (Å²) in [5, 5.41) is 9.47. The predicted molar refractivity (Wildman–Crippen MR) is 52.6 cm³/mol. The fraction of sp³-hybridized carbons (Fsp3) is 0.625. The molecular weight excluding hydrogens is 202 g/mol. The van der Waals surface area contributed by atoms with Crippen LogP contribution in [0.2, 0.25) is 0 Å². The molecule has 0 aromatic carbocycles. The molecule has 0 saturated carbocycles. The van der Waals surface area contributed by atoms with E-state index >= 15 is 0 Å². The average molecular weight is 213 g/mol. The van der Waals surface area contributed by atoms with Crippen LogP contribution in [0.3, 0.4) is 0 Å². The highest BCUT2D eigenvalue weighted by Crippen LogP contribution is 2.27. The smallest absolute Gasteiger partial charge is 0.303 e. The minimum absolute atomic E-state index is 0.258. The average Bonchev–Trinajstić information content (AvgIpc) is 2.42. The van der Waals surface area contributed by atoms with Crippen LogP contribution in [0.1, 0.15) is 12.2 Å². The first-order valence-electron chi connectivity index (χ1n) is 4.42. The van der Waals surface area contributed by atoms with Gasteiger partial charge in [-0.3, -0.25) is 4.79 Å². The van der Waals surface area contributed by atoms with Gasteiger partial charge in [0.25, 0.3) is 0 Å². The second-order valence-electron chi connectivity index (χ2n) is 3.49. The van der Waals surface area contributed by atoms with Gasteiger partial charge in [0.15, 0.2) is 0 Å². The first kappa shape index (κ1) is 9.39. The summed E-state index contributed by atoms with van der Waals surface area (Å²) in [7, 11) is 0. The second-order valence-corrected chi connectivity index (χ2v) is 4.22. The quantitative estimate of drug-likeness (QED) is 0.802. The standard InChI is InChI=1S/C8H11N3O2S/c1-5-9-8(14-10-5)11-3-6(4-11)2-7(12)13/h6H,2-4H2,1H3,(H,12,13).